The van der Waals surface area contributed by atoms with Crippen molar-refractivity contribution in [1.82, 2.24) is 20.5 Å². The van der Waals surface area contributed by atoms with Gasteiger partial charge in [-0.05, 0) is 78.7 Å². The van der Waals surface area contributed by atoms with Crippen molar-refractivity contribution in [3.05, 3.63) is 48.2 Å². The predicted molar refractivity (Wildman–Crippen MR) is 215 cm³/mol. The van der Waals surface area contributed by atoms with E-state index >= 15 is 0 Å². The van der Waals surface area contributed by atoms with Gasteiger partial charge in [0.25, 0.3) is 0 Å². The number of benzene rings is 1. The number of fused-ring (bicyclic) bond motifs is 2. The number of carbonyl (C=O) groups excluding carboxylic acids is 4. The molecule has 0 aliphatic carbocycles. The van der Waals surface area contributed by atoms with E-state index in [1.54, 1.807) is 53.8 Å². The fraction of sp³-hybridized carbons (Fsp3) is 0.651. The molecule has 2 aromatic rings. The first-order chi connectivity index (χ1) is 27.3. The molecule has 1 aromatic carbocycles. The van der Waals surface area contributed by atoms with Gasteiger partial charge in [0.1, 0.15) is 29.7 Å². The molecular weight excluding hydrogens is 748 g/mol. The van der Waals surface area contributed by atoms with Crippen molar-refractivity contribution in [3.63, 3.8) is 0 Å². The number of aliphatic hydroxyl groups excluding tert-OH is 2. The van der Waals surface area contributed by atoms with Gasteiger partial charge in [-0.1, -0.05) is 58.0 Å². The van der Waals surface area contributed by atoms with E-state index in [-0.39, 0.29) is 37.3 Å². The summed E-state index contributed by atoms with van der Waals surface area (Å²) in [6, 6.07) is 8.49. The third-order valence-electron chi connectivity index (χ3n) is 12.3. The van der Waals surface area contributed by atoms with Gasteiger partial charge >= 0.3 is 18.2 Å². The lowest BCUT2D eigenvalue weighted by molar-refractivity contribution is -0.298. The van der Waals surface area contributed by atoms with Gasteiger partial charge in [-0.3, -0.25) is 14.6 Å². The topological polar surface area (TPSA) is 195 Å². The molecule has 15 heteroatoms. The molecule has 1 aromatic heterocycles. The molecule has 4 heterocycles. The molecule has 3 fully saturated rings. The molecule has 3 saturated heterocycles. The number of carbonyl (C=O) groups is 4. The number of rotatable bonds is 8. The van der Waals surface area contributed by atoms with Crippen LogP contribution < -0.4 is 10.6 Å². The summed E-state index contributed by atoms with van der Waals surface area (Å²) in [5.74, 6) is -4.79. The Morgan fingerprint density at radius 3 is 2.47 bits per heavy atom. The Balaban J connectivity index is 1.51. The van der Waals surface area contributed by atoms with E-state index in [1.807, 2.05) is 62.3 Å². The Bertz CT molecular complexity index is 1830. The lowest BCUT2D eigenvalue weighted by atomic mass is 9.73. The molecule has 320 valence electrons. The lowest BCUT2D eigenvalue weighted by Gasteiger charge is -2.48. The predicted octanol–water partition coefficient (Wildman–Crippen LogP) is 4.61. The molecule has 15 nitrogen and oxygen atoms in total. The minimum absolute atomic E-state index is 0.0743. The number of Topliss-reactive ketones (excluding diaryl/α,β-unsaturated/α-hetero) is 1. The van der Waals surface area contributed by atoms with E-state index in [4.69, 9.17) is 23.7 Å². The number of nitrogens with zero attached hydrogens (tertiary/aromatic N) is 2. The smallest absolute Gasteiger partial charge is 0.408 e. The Kier molecular flexibility index (Phi) is 14.3. The summed E-state index contributed by atoms with van der Waals surface area (Å²) >= 11 is 0. The molecule has 0 spiro atoms. The molecule has 5 rings (SSSR count). The van der Waals surface area contributed by atoms with Crippen molar-refractivity contribution in [2.75, 3.05) is 20.6 Å². The first-order valence-electron chi connectivity index (χ1n) is 20.3. The van der Waals surface area contributed by atoms with Crippen LogP contribution in [0.25, 0.3) is 17.0 Å². The van der Waals surface area contributed by atoms with Crippen LogP contribution in [0.4, 0.5) is 9.59 Å². The van der Waals surface area contributed by atoms with E-state index in [0.29, 0.717) is 6.42 Å². The highest BCUT2D eigenvalue weighted by Crippen LogP contribution is 2.41. The molecule has 0 unspecified atom stereocenters. The molecule has 3 aliphatic rings. The third-order valence-corrected chi connectivity index (χ3v) is 12.3. The third kappa shape index (κ3) is 9.65. The zero-order chi connectivity index (χ0) is 42.7. The number of aromatic nitrogens is 1. The van der Waals surface area contributed by atoms with Crippen LogP contribution in [0.15, 0.2) is 42.6 Å². The summed E-state index contributed by atoms with van der Waals surface area (Å²) in [5.41, 5.74) is -1.40. The zero-order valence-electron chi connectivity index (χ0n) is 35.3. The summed E-state index contributed by atoms with van der Waals surface area (Å²) in [6.07, 6.45) is -1.97. The van der Waals surface area contributed by atoms with Crippen LogP contribution in [0.5, 0.6) is 0 Å². The highest BCUT2D eigenvalue weighted by Gasteiger charge is 2.57. The number of alkyl carbamates (subject to hydrolysis) is 2. The first kappa shape index (κ1) is 44.9. The van der Waals surface area contributed by atoms with E-state index in [1.165, 1.54) is 6.92 Å². The van der Waals surface area contributed by atoms with Crippen LogP contribution in [0.3, 0.4) is 0 Å². The highest BCUT2D eigenvalue weighted by molar-refractivity contribution is 5.85. The second kappa shape index (κ2) is 18.4. The number of aliphatic hydroxyl groups is 2. The Morgan fingerprint density at radius 1 is 1.07 bits per heavy atom. The van der Waals surface area contributed by atoms with Gasteiger partial charge < -0.3 is 49.4 Å². The average molecular weight is 811 g/mol. The summed E-state index contributed by atoms with van der Waals surface area (Å²) in [6.45, 7) is 13.5. The fourth-order valence-electron chi connectivity index (χ4n) is 9.00. The lowest BCUT2D eigenvalue weighted by Crippen LogP contribution is -2.61. The summed E-state index contributed by atoms with van der Waals surface area (Å²) < 4.78 is 30.9. The number of esters is 1. The van der Waals surface area contributed by atoms with E-state index in [0.717, 1.165) is 16.5 Å². The Morgan fingerprint density at radius 2 is 1.78 bits per heavy atom. The van der Waals surface area contributed by atoms with Crippen LogP contribution >= 0.6 is 0 Å². The van der Waals surface area contributed by atoms with E-state index in [2.05, 4.69) is 15.6 Å². The van der Waals surface area contributed by atoms with Gasteiger partial charge in [-0.25, -0.2) is 9.59 Å². The van der Waals surface area contributed by atoms with Gasteiger partial charge in [0, 0.05) is 41.9 Å². The van der Waals surface area contributed by atoms with Crippen molar-refractivity contribution >= 4 is 40.9 Å². The number of hydrogen-bond donors (Lipinski definition) is 4. The second-order valence-corrected chi connectivity index (χ2v) is 17.0. The summed E-state index contributed by atoms with van der Waals surface area (Å²) in [5, 5.41) is 30.1. The van der Waals surface area contributed by atoms with Crippen LogP contribution in [-0.4, -0.2) is 125 Å². The number of likely N-dealkylation sites (N-methyl/N-ethyl adjacent to an activating group) is 1. The quantitative estimate of drug-likeness (QED) is 0.214. The second-order valence-electron chi connectivity index (χ2n) is 17.0. The van der Waals surface area contributed by atoms with Crippen molar-refractivity contribution in [2.24, 2.45) is 23.7 Å². The largest absolute Gasteiger partial charge is 0.458 e. The van der Waals surface area contributed by atoms with E-state index < -0.39 is 89.8 Å². The maximum Gasteiger partial charge on any atom is 0.408 e. The maximum absolute atomic E-state index is 14.4. The minimum Gasteiger partial charge on any atom is -0.458 e. The molecule has 0 bridgehead atoms. The van der Waals surface area contributed by atoms with Gasteiger partial charge in [-0.2, -0.15) is 0 Å². The highest BCUT2D eigenvalue weighted by atomic mass is 16.7. The molecule has 14 atom stereocenters. The van der Waals surface area contributed by atoms with Gasteiger partial charge in [0.2, 0.25) is 0 Å². The van der Waals surface area contributed by atoms with Crippen molar-refractivity contribution < 1.29 is 53.1 Å². The Labute approximate surface area is 341 Å². The van der Waals surface area contributed by atoms with Crippen LogP contribution in [0.2, 0.25) is 0 Å². The minimum atomic E-state index is -1.68. The molecule has 0 saturated carbocycles. The standard InChI is InChI=1S/C43H62N4O11/c1-11-32-43(8)36(46-41(53)58-43)25(4)33(48)23(2)21-42(7,57-40(52)44-18-14-15-28-20-29-16-12-13-17-30(29)45-22-28)37(26(5)34(49)27(6)38(51)55-32)56-39-35(50)31(47(9)10)19-24(3)54-39/h12-17,20,22-27,31-32,34-37,39,49-50H,11,18-19,21H2,1-10H3,(H,44,52)(H,46,53)/t23-,24-,25+,26+,27-,31+,32-,34+,35-,36-,37-,39+,42-,43-/m1/s1. The van der Waals surface area contributed by atoms with Crippen LogP contribution in [0.1, 0.15) is 80.2 Å². The Hall–Kier alpha value is -4.15. The zero-order valence-corrected chi connectivity index (χ0v) is 35.3. The normalized spacial score (nSPS) is 37.8. The first-order valence-corrected chi connectivity index (χ1v) is 20.3. The fourth-order valence-corrected chi connectivity index (χ4v) is 9.00. The number of ketones is 1. The van der Waals surface area contributed by atoms with Crippen LogP contribution in [0, 0.1) is 23.7 Å². The summed E-state index contributed by atoms with van der Waals surface area (Å²) in [4.78, 5) is 61.2. The maximum atomic E-state index is 14.4. The number of para-hydroxylation sites is 1. The van der Waals surface area contributed by atoms with E-state index in [9.17, 15) is 29.4 Å². The molecule has 2 amide bonds. The van der Waals surface area contributed by atoms with Gasteiger partial charge in [0.05, 0.1) is 29.7 Å². The monoisotopic (exact) mass is 810 g/mol. The molecule has 58 heavy (non-hydrogen) atoms. The van der Waals surface area contributed by atoms with Gasteiger partial charge in [-0.15, -0.1) is 0 Å². The number of cyclic esters (lactones) is 1. The van der Waals surface area contributed by atoms with Crippen molar-refractivity contribution in [2.45, 2.75) is 135 Å². The van der Waals surface area contributed by atoms with Crippen molar-refractivity contribution in [1.29, 1.82) is 0 Å². The van der Waals surface area contributed by atoms with Crippen LogP contribution in [-0.2, 0) is 33.3 Å². The SMILES string of the molecule is CC[C@H]1OC(=O)[C@H](C)[C@@H](O)[C@H](C)[C@@H](O[C@@H]2O[C@H](C)C[C@H](N(C)C)[C@H]2O)[C@](C)(OC(=O)NCC=Cc2cnc3ccccc3c2)C[C@@H](C)C(=O)[C@H](C)[C@H]2NC(=O)O[C@@]21C. The number of ether oxygens (including phenoxy) is 5. The molecule has 3 aliphatic heterocycles. The number of amides is 2. The molecule has 0 radical (unpaired) electrons. The summed E-state index contributed by atoms with van der Waals surface area (Å²) in [7, 11) is 3.68. The average Bonchev–Trinajstić information content (AvgIpc) is 3.50. The van der Waals surface area contributed by atoms with Gasteiger partial charge in [0.15, 0.2) is 11.9 Å². The number of hydrogen-bond acceptors (Lipinski definition) is 13. The number of nitrogens with one attached hydrogen (secondary N) is 2. The molecular formula is C43H62N4O11. The molecule has 4 N–H and O–H groups in total. The van der Waals surface area contributed by atoms with Crippen molar-refractivity contribution in [3.8, 4) is 0 Å². The number of pyridine rings is 1.